The maximum atomic E-state index is 13.5. The predicted octanol–water partition coefficient (Wildman–Crippen LogP) is 4.79. The molecule has 1 aromatic heterocycles. The Hall–Kier alpha value is -4.26. The summed E-state index contributed by atoms with van der Waals surface area (Å²) in [7, 11) is 3.07. The molecule has 0 aliphatic heterocycles. The third-order valence-corrected chi connectivity index (χ3v) is 5.79. The number of nitrogens with one attached hydrogen (secondary N) is 1. The first kappa shape index (κ1) is 23.9. The Morgan fingerprint density at radius 3 is 2.34 bits per heavy atom. The molecular weight excluding hydrogens is 446 g/mol. The molecule has 0 unspecified atom stereocenters. The van der Waals surface area contributed by atoms with Crippen molar-refractivity contribution >= 4 is 16.9 Å². The van der Waals surface area contributed by atoms with E-state index in [-0.39, 0.29) is 29.5 Å². The van der Waals surface area contributed by atoms with Gasteiger partial charge in [0.2, 0.25) is 11.2 Å². The van der Waals surface area contributed by atoms with Crippen molar-refractivity contribution < 1.29 is 23.4 Å². The van der Waals surface area contributed by atoms with Gasteiger partial charge in [-0.3, -0.25) is 9.59 Å². The van der Waals surface area contributed by atoms with E-state index in [0.717, 1.165) is 16.7 Å². The third kappa shape index (κ3) is 5.14. The number of benzene rings is 3. The molecule has 0 saturated carbocycles. The monoisotopic (exact) mass is 473 g/mol. The van der Waals surface area contributed by atoms with Crippen LogP contribution >= 0.6 is 0 Å². The van der Waals surface area contributed by atoms with E-state index in [1.807, 2.05) is 50.2 Å². The molecule has 1 heterocycles. The van der Waals surface area contributed by atoms with Crippen molar-refractivity contribution in [3.8, 4) is 28.6 Å². The lowest BCUT2D eigenvalue weighted by Gasteiger charge is -2.14. The highest BCUT2D eigenvalue weighted by atomic mass is 16.5. The number of carbonyl (C=O) groups is 1. The van der Waals surface area contributed by atoms with E-state index in [9.17, 15) is 9.59 Å². The molecule has 0 aliphatic rings. The number of fused-ring (bicyclic) bond motifs is 1. The number of ether oxygens (including phenoxy) is 3. The minimum Gasteiger partial charge on any atom is -0.493 e. The summed E-state index contributed by atoms with van der Waals surface area (Å²) < 4.78 is 22.7. The van der Waals surface area contributed by atoms with Crippen LogP contribution in [0.5, 0.6) is 17.2 Å². The van der Waals surface area contributed by atoms with Crippen LogP contribution in [0.1, 0.15) is 16.7 Å². The molecule has 4 rings (SSSR count). The Morgan fingerprint density at radius 2 is 1.63 bits per heavy atom. The van der Waals surface area contributed by atoms with Crippen molar-refractivity contribution in [3.05, 3.63) is 87.6 Å². The second-order valence-corrected chi connectivity index (χ2v) is 8.14. The summed E-state index contributed by atoms with van der Waals surface area (Å²) in [5.74, 6) is 0.824. The minimum absolute atomic E-state index is 0.0390. The summed E-state index contributed by atoms with van der Waals surface area (Å²) in [6, 6.07) is 18.3. The van der Waals surface area contributed by atoms with Crippen LogP contribution in [0.15, 0.2) is 69.9 Å². The lowest BCUT2D eigenvalue weighted by molar-refractivity contribution is -0.123. The molecule has 1 amide bonds. The van der Waals surface area contributed by atoms with E-state index in [2.05, 4.69) is 5.32 Å². The van der Waals surface area contributed by atoms with E-state index in [1.54, 1.807) is 31.4 Å². The zero-order valence-electron chi connectivity index (χ0n) is 20.1. The molecule has 0 atom stereocenters. The molecule has 0 bridgehead atoms. The summed E-state index contributed by atoms with van der Waals surface area (Å²) in [5.41, 5.74) is 3.55. The molecule has 0 fully saturated rings. The molecular formula is C28H27NO6. The first-order chi connectivity index (χ1) is 16.9. The number of hydrogen-bond acceptors (Lipinski definition) is 6. The summed E-state index contributed by atoms with van der Waals surface area (Å²) in [4.78, 5) is 26.0. The molecule has 7 nitrogen and oxygen atoms in total. The van der Waals surface area contributed by atoms with Crippen molar-refractivity contribution in [1.29, 1.82) is 0 Å². The van der Waals surface area contributed by atoms with Gasteiger partial charge in [-0.25, -0.2) is 0 Å². The van der Waals surface area contributed by atoms with E-state index in [0.29, 0.717) is 34.6 Å². The van der Waals surface area contributed by atoms with Gasteiger partial charge >= 0.3 is 0 Å². The fourth-order valence-electron chi connectivity index (χ4n) is 3.72. The molecule has 0 saturated heterocycles. The van der Waals surface area contributed by atoms with Gasteiger partial charge in [0, 0.05) is 12.1 Å². The Morgan fingerprint density at radius 1 is 0.914 bits per heavy atom. The molecule has 1 N–H and O–H groups in total. The topological polar surface area (TPSA) is 87.0 Å². The van der Waals surface area contributed by atoms with Crippen molar-refractivity contribution in [1.82, 2.24) is 5.32 Å². The van der Waals surface area contributed by atoms with E-state index in [1.165, 1.54) is 7.11 Å². The average molecular weight is 474 g/mol. The highest BCUT2D eigenvalue weighted by Crippen LogP contribution is 2.37. The first-order valence-corrected chi connectivity index (χ1v) is 11.1. The number of carbonyl (C=O) groups excluding carboxylic acids is 1. The van der Waals surface area contributed by atoms with Crippen molar-refractivity contribution in [3.63, 3.8) is 0 Å². The van der Waals surface area contributed by atoms with Crippen molar-refractivity contribution in [2.24, 2.45) is 0 Å². The Labute approximate surface area is 203 Å². The summed E-state index contributed by atoms with van der Waals surface area (Å²) in [6.45, 7) is 3.89. The molecule has 3 aromatic carbocycles. The predicted molar refractivity (Wildman–Crippen MR) is 134 cm³/mol. The molecule has 4 aromatic rings. The molecule has 180 valence electrons. The number of amides is 1. The van der Waals surface area contributed by atoms with Gasteiger partial charge in [0.1, 0.15) is 5.58 Å². The van der Waals surface area contributed by atoms with Crippen LogP contribution in [0.25, 0.3) is 22.3 Å². The molecule has 0 aliphatic carbocycles. The van der Waals surface area contributed by atoms with Crippen LogP contribution in [-0.2, 0) is 11.3 Å². The number of hydrogen-bond donors (Lipinski definition) is 1. The van der Waals surface area contributed by atoms with Gasteiger partial charge < -0.3 is 23.9 Å². The molecule has 0 spiro atoms. The largest absolute Gasteiger partial charge is 0.493 e. The van der Waals surface area contributed by atoms with E-state index in [4.69, 9.17) is 18.6 Å². The van der Waals surface area contributed by atoms with Crippen molar-refractivity contribution in [2.45, 2.75) is 20.4 Å². The van der Waals surface area contributed by atoms with E-state index < -0.39 is 0 Å². The quantitative estimate of drug-likeness (QED) is 0.396. The van der Waals surface area contributed by atoms with Crippen LogP contribution in [0, 0.1) is 13.8 Å². The van der Waals surface area contributed by atoms with Gasteiger partial charge in [-0.05, 0) is 60.9 Å². The Bertz CT molecular complexity index is 1430. The van der Waals surface area contributed by atoms with Gasteiger partial charge in [-0.1, -0.05) is 30.3 Å². The number of methoxy groups -OCH3 is 2. The number of aryl methyl sites for hydroxylation is 2. The zero-order valence-corrected chi connectivity index (χ0v) is 20.1. The SMILES string of the molecule is COc1ccc(-c2oc3cc(C)c(C)cc3c(=O)c2OCC(=O)NCc2ccccc2)cc1OC. The summed E-state index contributed by atoms with van der Waals surface area (Å²) in [6.07, 6.45) is 0. The highest BCUT2D eigenvalue weighted by Gasteiger charge is 2.21. The first-order valence-electron chi connectivity index (χ1n) is 11.1. The highest BCUT2D eigenvalue weighted by molar-refractivity contribution is 5.84. The smallest absolute Gasteiger partial charge is 0.258 e. The lowest BCUT2D eigenvalue weighted by Crippen LogP contribution is -2.29. The van der Waals surface area contributed by atoms with Crippen LogP contribution in [0.4, 0.5) is 0 Å². The number of rotatable bonds is 8. The van der Waals surface area contributed by atoms with E-state index >= 15 is 0 Å². The van der Waals surface area contributed by atoms with Crippen LogP contribution < -0.4 is 25.0 Å². The van der Waals surface area contributed by atoms with Gasteiger partial charge in [-0.2, -0.15) is 0 Å². The third-order valence-electron chi connectivity index (χ3n) is 5.79. The summed E-state index contributed by atoms with van der Waals surface area (Å²) >= 11 is 0. The maximum Gasteiger partial charge on any atom is 0.258 e. The van der Waals surface area contributed by atoms with Gasteiger partial charge in [0.15, 0.2) is 23.9 Å². The van der Waals surface area contributed by atoms with Gasteiger partial charge in [-0.15, -0.1) is 0 Å². The van der Waals surface area contributed by atoms with Crippen molar-refractivity contribution in [2.75, 3.05) is 20.8 Å². The van der Waals surface area contributed by atoms with Gasteiger partial charge in [0.25, 0.3) is 5.91 Å². The fourth-order valence-corrected chi connectivity index (χ4v) is 3.72. The van der Waals surface area contributed by atoms with Gasteiger partial charge in [0.05, 0.1) is 19.6 Å². The normalized spacial score (nSPS) is 10.7. The Kier molecular flexibility index (Phi) is 7.06. The lowest BCUT2D eigenvalue weighted by atomic mass is 10.0. The standard InChI is InChI=1S/C28H27NO6/c1-17-12-21-23(13-18(17)2)35-27(20-10-11-22(32-3)24(14-20)33-4)28(26(21)31)34-16-25(30)29-15-19-8-6-5-7-9-19/h5-14H,15-16H2,1-4H3,(H,29,30). The van der Waals surface area contributed by atoms with Crippen LogP contribution in [0.3, 0.4) is 0 Å². The second kappa shape index (κ2) is 10.3. The summed E-state index contributed by atoms with van der Waals surface area (Å²) in [5, 5.41) is 3.19. The molecule has 35 heavy (non-hydrogen) atoms. The molecule has 0 radical (unpaired) electrons. The average Bonchev–Trinajstić information content (AvgIpc) is 2.88. The van der Waals surface area contributed by atoms with Crippen LogP contribution in [-0.4, -0.2) is 26.7 Å². The maximum absolute atomic E-state index is 13.5. The fraction of sp³-hybridized carbons (Fsp3) is 0.214. The second-order valence-electron chi connectivity index (χ2n) is 8.14. The minimum atomic E-state index is -0.355. The zero-order chi connectivity index (χ0) is 24.9. The van der Waals surface area contributed by atoms with Crippen LogP contribution in [0.2, 0.25) is 0 Å². The Balaban J connectivity index is 1.71. The molecule has 7 heteroatoms.